The van der Waals surface area contributed by atoms with Gasteiger partial charge < -0.3 is 15.5 Å². The van der Waals surface area contributed by atoms with Crippen molar-refractivity contribution < 1.29 is 19.8 Å². The van der Waals surface area contributed by atoms with Gasteiger partial charge in [0, 0.05) is 11.1 Å². The van der Waals surface area contributed by atoms with Gasteiger partial charge >= 0.3 is 12.0 Å². The number of aliphatic hydroxyl groups is 1. The molecule has 0 aliphatic heterocycles. The third-order valence-electron chi connectivity index (χ3n) is 2.37. The summed E-state index contributed by atoms with van der Waals surface area (Å²) in [5.74, 6) is -1.08. The van der Waals surface area contributed by atoms with E-state index in [1.165, 1.54) is 11.3 Å². The van der Waals surface area contributed by atoms with Crippen LogP contribution in [0.15, 0.2) is 6.20 Å². The summed E-state index contributed by atoms with van der Waals surface area (Å²) in [6.07, 6.45) is 1.68. The number of hydrogen-bond acceptors (Lipinski definition) is 5. The molecule has 0 aromatic carbocycles. The first kappa shape index (κ1) is 15.4. The van der Waals surface area contributed by atoms with Crippen molar-refractivity contribution in [2.75, 3.05) is 11.9 Å². The molecule has 0 aliphatic rings. The molecule has 0 saturated carbocycles. The normalized spacial score (nSPS) is 13.9. The van der Waals surface area contributed by atoms with Gasteiger partial charge in [0.25, 0.3) is 0 Å². The molecular weight excluding hydrogens is 270 g/mol. The van der Waals surface area contributed by atoms with E-state index < -0.39 is 24.1 Å². The zero-order valence-corrected chi connectivity index (χ0v) is 11.7. The van der Waals surface area contributed by atoms with E-state index in [2.05, 4.69) is 15.6 Å². The predicted molar refractivity (Wildman–Crippen MR) is 71.5 cm³/mol. The Morgan fingerprint density at radius 1 is 1.53 bits per heavy atom. The highest BCUT2D eigenvalue weighted by Crippen LogP contribution is 2.24. The summed E-state index contributed by atoms with van der Waals surface area (Å²) in [5.41, 5.74) is -2.00. The van der Waals surface area contributed by atoms with E-state index in [1.807, 2.05) is 13.8 Å². The van der Waals surface area contributed by atoms with Gasteiger partial charge in [-0.25, -0.2) is 14.6 Å². The maximum Gasteiger partial charge on any atom is 0.337 e. The van der Waals surface area contributed by atoms with Crippen LogP contribution in [0, 0.1) is 0 Å². The molecule has 1 atom stereocenters. The van der Waals surface area contributed by atoms with Gasteiger partial charge in [0.05, 0.1) is 6.54 Å². The molecule has 2 amide bonds. The van der Waals surface area contributed by atoms with Crippen LogP contribution >= 0.6 is 11.3 Å². The van der Waals surface area contributed by atoms with Crippen molar-refractivity contribution in [3.05, 3.63) is 11.1 Å². The van der Waals surface area contributed by atoms with Gasteiger partial charge in [0.2, 0.25) is 0 Å². The molecule has 106 valence electrons. The highest BCUT2D eigenvalue weighted by atomic mass is 32.1. The van der Waals surface area contributed by atoms with Gasteiger partial charge in [-0.3, -0.25) is 5.32 Å². The Balaban J connectivity index is 2.49. The van der Waals surface area contributed by atoms with Crippen molar-refractivity contribution in [2.45, 2.75) is 32.3 Å². The lowest BCUT2D eigenvalue weighted by Crippen LogP contribution is -2.47. The third kappa shape index (κ3) is 4.49. The number of amides is 2. The number of urea groups is 1. The Hall–Kier alpha value is -1.67. The molecule has 0 fully saturated rings. The average Bonchev–Trinajstić information content (AvgIpc) is 2.75. The van der Waals surface area contributed by atoms with E-state index in [1.54, 1.807) is 6.20 Å². The van der Waals surface area contributed by atoms with Crippen molar-refractivity contribution in [3.8, 4) is 0 Å². The molecular formula is C11H17N3O4S. The number of rotatable bonds is 5. The van der Waals surface area contributed by atoms with Gasteiger partial charge in [0.15, 0.2) is 10.7 Å². The third-order valence-corrected chi connectivity index (χ3v) is 3.58. The second kappa shape index (κ2) is 5.98. The fraction of sp³-hybridized carbons (Fsp3) is 0.545. The fourth-order valence-electron chi connectivity index (χ4n) is 1.08. The summed E-state index contributed by atoms with van der Waals surface area (Å²) in [5, 5.41) is 23.3. The van der Waals surface area contributed by atoms with E-state index >= 15 is 0 Å². The first-order valence-corrected chi connectivity index (χ1v) is 6.50. The maximum atomic E-state index is 11.5. The second-order valence-corrected chi connectivity index (χ2v) is 5.67. The van der Waals surface area contributed by atoms with Crippen LogP contribution < -0.4 is 10.6 Å². The quantitative estimate of drug-likeness (QED) is 0.650. The zero-order chi connectivity index (χ0) is 14.6. The number of carboxylic acids is 1. The predicted octanol–water partition coefficient (Wildman–Crippen LogP) is 1.22. The molecule has 1 aromatic heterocycles. The Morgan fingerprint density at radius 2 is 2.16 bits per heavy atom. The Bertz CT molecular complexity index is 470. The minimum atomic E-state index is -2.00. The number of carboxylic acid groups (broad SMARTS) is 1. The molecule has 0 bridgehead atoms. The summed E-state index contributed by atoms with van der Waals surface area (Å²) < 4.78 is 0. The number of thiazole rings is 1. The van der Waals surface area contributed by atoms with E-state index in [0.717, 1.165) is 11.8 Å². The highest BCUT2D eigenvalue weighted by molar-refractivity contribution is 7.15. The molecule has 0 saturated heterocycles. The van der Waals surface area contributed by atoms with Gasteiger partial charge in [-0.05, 0) is 12.8 Å². The molecule has 8 heteroatoms. The molecule has 0 radical (unpaired) electrons. The number of aromatic nitrogens is 1. The molecule has 7 nitrogen and oxygen atoms in total. The largest absolute Gasteiger partial charge is 0.479 e. The van der Waals surface area contributed by atoms with Crippen molar-refractivity contribution in [1.29, 1.82) is 0 Å². The number of nitrogens with one attached hydrogen (secondary N) is 2. The summed E-state index contributed by atoms with van der Waals surface area (Å²) >= 11 is 1.35. The molecule has 0 spiro atoms. The van der Waals surface area contributed by atoms with Gasteiger partial charge in [-0.15, -0.1) is 11.3 Å². The zero-order valence-electron chi connectivity index (χ0n) is 10.9. The number of nitrogens with zero attached hydrogens (tertiary/aromatic N) is 1. The lowest BCUT2D eigenvalue weighted by atomic mass is 10.1. The van der Waals surface area contributed by atoms with Crippen molar-refractivity contribution in [1.82, 2.24) is 10.3 Å². The van der Waals surface area contributed by atoms with Gasteiger partial charge in [-0.1, -0.05) is 13.8 Å². The first-order chi connectivity index (χ1) is 8.72. The Labute approximate surface area is 114 Å². The van der Waals surface area contributed by atoms with Gasteiger partial charge in [0.1, 0.15) is 0 Å². The van der Waals surface area contributed by atoms with E-state index in [-0.39, 0.29) is 0 Å². The average molecular weight is 287 g/mol. The molecule has 0 aliphatic carbocycles. The lowest BCUT2D eigenvalue weighted by molar-refractivity contribution is -0.155. The first-order valence-electron chi connectivity index (χ1n) is 5.68. The molecule has 1 unspecified atom stereocenters. The van der Waals surface area contributed by atoms with Crippen LogP contribution in [0.4, 0.5) is 9.93 Å². The van der Waals surface area contributed by atoms with Crippen LogP contribution in [0.3, 0.4) is 0 Å². The minimum absolute atomic E-state index is 0.323. The van der Waals surface area contributed by atoms with E-state index in [0.29, 0.717) is 11.0 Å². The summed E-state index contributed by atoms with van der Waals surface area (Å²) in [4.78, 5) is 27.2. The van der Waals surface area contributed by atoms with Crippen LogP contribution in [0.2, 0.25) is 0 Å². The highest BCUT2D eigenvalue weighted by Gasteiger charge is 2.30. The Morgan fingerprint density at radius 3 is 2.63 bits per heavy atom. The lowest BCUT2D eigenvalue weighted by Gasteiger charge is -2.18. The van der Waals surface area contributed by atoms with Crippen LogP contribution in [-0.2, 0) is 4.79 Å². The van der Waals surface area contributed by atoms with Crippen molar-refractivity contribution in [2.24, 2.45) is 0 Å². The molecule has 19 heavy (non-hydrogen) atoms. The smallest absolute Gasteiger partial charge is 0.337 e. The number of aliphatic carboxylic acids is 1. The summed E-state index contributed by atoms with van der Waals surface area (Å²) in [7, 11) is 0. The Kier molecular flexibility index (Phi) is 4.84. The van der Waals surface area contributed by atoms with Crippen molar-refractivity contribution >= 4 is 28.5 Å². The fourth-order valence-corrected chi connectivity index (χ4v) is 1.89. The van der Waals surface area contributed by atoms with Crippen LogP contribution in [0.1, 0.15) is 31.6 Å². The SMILES string of the molecule is CC(C)c1cnc(NC(=O)NCC(C)(O)C(=O)O)s1. The number of hydrogen-bond donors (Lipinski definition) is 4. The van der Waals surface area contributed by atoms with Crippen LogP contribution in [0.5, 0.6) is 0 Å². The van der Waals surface area contributed by atoms with Gasteiger partial charge in [-0.2, -0.15) is 0 Å². The standard InChI is InChI=1S/C11H17N3O4S/c1-6(2)7-4-12-10(19-7)14-9(17)13-5-11(3,18)8(15)16/h4,6,18H,5H2,1-3H3,(H,15,16)(H2,12,13,14,17). The van der Waals surface area contributed by atoms with E-state index in [9.17, 15) is 14.7 Å². The van der Waals surface area contributed by atoms with Crippen molar-refractivity contribution in [3.63, 3.8) is 0 Å². The van der Waals surface area contributed by atoms with Crippen LogP contribution in [-0.4, -0.2) is 39.3 Å². The molecule has 1 rings (SSSR count). The second-order valence-electron chi connectivity index (χ2n) is 4.61. The topological polar surface area (TPSA) is 112 Å². The summed E-state index contributed by atoms with van der Waals surface area (Å²) in [6.45, 7) is 4.75. The van der Waals surface area contributed by atoms with E-state index in [4.69, 9.17) is 5.11 Å². The summed E-state index contributed by atoms with van der Waals surface area (Å²) in [6, 6.07) is -0.605. The number of carbonyl (C=O) groups excluding carboxylic acids is 1. The minimum Gasteiger partial charge on any atom is -0.479 e. The molecule has 4 N–H and O–H groups in total. The molecule has 1 aromatic rings. The maximum absolute atomic E-state index is 11.5. The number of carbonyl (C=O) groups is 2. The van der Waals surface area contributed by atoms with Crippen LogP contribution in [0.25, 0.3) is 0 Å². The monoisotopic (exact) mass is 287 g/mol. The number of anilines is 1. The molecule has 1 heterocycles.